The molecule has 7 heteroatoms. The molecule has 0 saturated carbocycles. The van der Waals surface area contributed by atoms with Crippen LogP contribution >= 0.6 is 0 Å². The standard InChI is InChI=1S/C19H18N4O3/c1-13-18(26-16-6-3-2-5-15(16)25-13)19(24)21-12-14-7-9-20-17(11-14)23-10-4-8-22-23/h2-11,13,18H,12H2,1H3,(H,21,24)/t13-,18-/m1/s1. The van der Waals surface area contributed by atoms with E-state index in [1.54, 1.807) is 23.1 Å². The van der Waals surface area contributed by atoms with Gasteiger partial charge in [0.15, 0.2) is 17.3 Å². The molecule has 0 radical (unpaired) electrons. The van der Waals surface area contributed by atoms with Crippen LogP contribution in [0.15, 0.2) is 61.1 Å². The zero-order valence-corrected chi connectivity index (χ0v) is 14.2. The van der Waals surface area contributed by atoms with Crippen LogP contribution in [0.4, 0.5) is 0 Å². The van der Waals surface area contributed by atoms with E-state index >= 15 is 0 Å². The van der Waals surface area contributed by atoms with E-state index in [1.807, 2.05) is 49.5 Å². The fourth-order valence-electron chi connectivity index (χ4n) is 2.80. The van der Waals surface area contributed by atoms with E-state index in [-0.39, 0.29) is 12.0 Å². The van der Waals surface area contributed by atoms with Crippen molar-refractivity contribution < 1.29 is 14.3 Å². The molecule has 1 aliphatic heterocycles. The molecule has 2 aromatic heterocycles. The lowest BCUT2D eigenvalue weighted by Gasteiger charge is -2.31. The molecule has 0 spiro atoms. The number of aromatic nitrogens is 3. The molecule has 4 rings (SSSR count). The van der Waals surface area contributed by atoms with Gasteiger partial charge in [-0.05, 0) is 42.8 Å². The quantitative estimate of drug-likeness (QED) is 0.780. The van der Waals surface area contributed by atoms with E-state index in [2.05, 4.69) is 15.4 Å². The second-order valence-electron chi connectivity index (χ2n) is 6.00. The maximum absolute atomic E-state index is 12.6. The topological polar surface area (TPSA) is 78.3 Å². The number of pyridine rings is 1. The third-order valence-corrected chi connectivity index (χ3v) is 4.12. The number of nitrogens with one attached hydrogen (secondary N) is 1. The first kappa shape index (κ1) is 16.1. The van der Waals surface area contributed by atoms with Crippen molar-refractivity contribution in [3.63, 3.8) is 0 Å². The molecule has 0 unspecified atom stereocenters. The molecular weight excluding hydrogens is 332 g/mol. The highest BCUT2D eigenvalue weighted by Crippen LogP contribution is 2.33. The molecule has 0 fully saturated rings. The zero-order chi connectivity index (χ0) is 17.9. The smallest absolute Gasteiger partial charge is 0.265 e. The number of carbonyl (C=O) groups is 1. The Bertz CT molecular complexity index is 911. The number of nitrogens with zero attached hydrogens (tertiary/aromatic N) is 3. The normalized spacial score (nSPS) is 18.3. The molecule has 1 aromatic carbocycles. The highest BCUT2D eigenvalue weighted by Gasteiger charge is 2.33. The SMILES string of the molecule is C[C@H]1Oc2ccccc2O[C@H]1C(=O)NCc1ccnc(-n2cccn2)c1. The number of carbonyl (C=O) groups excluding carboxylic acids is 1. The minimum atomic E-state index is -0.697. The highest BCUT2D eigenvalue weighted by atomic mass is 16.6. The molecule has 7 nitrogen and oxygen atoms in total. The Morgan fingerprint density at radius 1 is 1.15 bits per heavy atom. The van der Waals surface area contributed by atoms with Crippen molar-refractivity contribution in [1.82, 2.24) is 20.1 Å². The van der Waals surface area contributed by atoms with Crippen molar-refractivity contribution in [3.05, 3.63) is 66.6 Å². The van der Waals surface area contributed by atoms with Gasteiger partial charge in [-0.2, -0.15) is 5.10 Å². The number of benzene rings is 1. The summed E-state index contributed by atoms with van der Waals surface area (Å²) in [5.41, 5.74) is 0.920. The van der Waals surface area contributed by atoms with E-state index in [0.717, 1.165) is 5.56 Å². The Labute approximate surface area is 150 Å². The second kappa shape index (κ2) is 6.87. The Balaban J connectivity index is 1.42. The zero-order valence-electron chi connectivity index (χ0n) is 14.2. The van der Waals surface area contributed by atoms with Gasteiger partial charge in [-0.1, -0.05) is 12.1 Å². The maximum Gasteiger partial charge on any atom is 0.265 e. The van der Waals surface area contributed by atoms with Crippen LogP contribution in [0, 0.1) is 0 Å². The predicted octanol–water partition coefficient (Wildman–Crippen LogP) is 2.11. The number of hydrogen-bond donors (Lipinski definition) is 1. The summed E-state index contributed by atoms with van der Waals surface area (Å²) in [4.78, 5) is 16.8. The summed E-state index contributed by atoms with van der Waals surface area (Å²) in [7, 11) is 0. The van der Waals surface area contributed by atoms with E-state index in [0.29, 0.717) is 23.9 Å². The van der Waals surface area contributed by atoms with Crippen molar-refractivity contribution in [2.24, 2.45) is 0 Å². The molecule has 0 saturated heterocycles. The summed E-state index contributed by atoms with van der Waals surface area (Å²) < 4.78 is 13.3. The predicted molar refractivity (Wildman–Crippen MR) is 94.2 cm³/mol. The van der Waals surface area contributed by atoms with Crippen LogP contribution in [-0.2, 0) is 11.3 Å². The lowest BCUT2D eigenvalue weighted by atomic mass is 10.1. The van der Waals surface area contributed by atoms with Gasteiger partial charge in [-0.15, -0.1) is 0 Å². The Kier molecular flexibility index (Phi) is 4.27. The summed E-state index contributed by atoms with van der Waals surface area (Å²) in [6.45, 7) is 2.19. The van der Waals surface area contributed by atoms with Crippen LogP contribution in [-0.4, -0.2) is 32.9 Å². The molecule has 3 aromatic rings. The average Bonchev–Trinajstić information content (AvgIpc) is 3.20. The molecule has 3 heterocycles. The van der Waals surface area contributed by atoms with Crippen molar-refractivity contribution in [2.45, 2.75) is 25.7 Å². The van der Waals surface area contributed by atoms with E-state index in [9.17, 15) is 4.79 Å². The third-order valence-electron chi connectivity index (χ3n) is 4.12. The molecule has 1 N–H and O–H groups in total. The number of para-hydroxylation sites is 2. The molecular formula is C19H18N4O3. The third kappa shape index (κ3) is 3.23. The maximum atomic E-state index is 12.6. The lowest BCUT2D eigenvalue weighted by molar-refractivity contribution is -0.133. The Morgan fingerprint density at radius 3 is 2.73 bits per heavy atom. The van der Waals surface area contributed by atoms with Crippen LogP contribution in [0.1, 0.15) is 12.5 Å². The first-order valence-corrected chi connectivity index (χ1v) is 8.36. The Morgan fingerprint density at radius 2 is 1.96 bits per heavy atom. The van der Waals surface area contributed by atoms with Gasteiger partial charge >= 0.3 is 0 Å². The van der Waals surface area contributed by atoms with E-state index < -0.39 is 6.10 Å². The summed E-state index contributed by atoms with van der Waals surface area (Å²) in [5, 5.41) is 7.06. The first-order valence-electron chi connectivity index (χ1n) is 8.36. The van der Waals surface area contributed by atoms with Gasteiger partial charge in [-0.3, -0.25) is 4.79 Å². The number of hydrogen-bond acceptors (Lipinski definition) is 5. The van der Waals surface area contributed by atoms with E-state index in [4.69, 9.17) is 9.47 Å². The van der Waals surface area contributed by atoms with Crippen molar-refractivity contribution in [2.75, 3.05) is 0 Å². The first-order chi connectivity index (χ1) is 12.7. The van der Waals surface area contributed by atoms with Gasteiger partial charge in [0.2, 0.25) is 6.10 Å². The molecule has 132 valence electrons. The van der Waals surface area contributed by atoms with Crippen molar-refractivity contribution in [1.29, 1.82) is 0 Å². The van der Waals surface area contributed by atoms with Gasteiger partial charge < -0.3 is 14.8 Å². The highest BCUT2D eigenvalue weighted by molar-refractivity contribution is 5.82. The summed E-state index contributed by atoms with van der Waals surface area (Å²) >= 11 is 0. The molecule has 2 atom stereocenters. The number of fused-ring (bicyclic) bond motifs is 1. The number of rotatable bonds is 4. The largest absolute Gasteiger partial charge is 0.482 e. The van der Waals surface area contributed by atoms with Gasteiger partial charge in [0.25, 0.3) is 5.91 Å². The van der Waals surface area contributed by atoms with Crippen molar-refractivity contribution >= 4 is 5.91 Å². The van der Waals surface area contributed by atoms with E-state index in [1.165, 1.54) is 0 Å². The van der Waals surface area contributed by atoms with Crippen LogP contribution < -0.4 is 14.8 Å². The van der Waals surface area contributed by atoms with Crippen LogP contribution in [0.5, 0.6) is 11.5 Å². The number of ether oxygens (including phenoxy) is 2. The Hall–Kier alpha value is -3.35. The molecule has 1 amide bonds. The second-order valence-corrected chi connectivity index (χ2v) is 6.00. The summed E-state index contributed by atoms with van der Waals surface area (Å²) in [6.07, 6.45) is 4.13. The average molecular weight is 350 g/mol. The molecule has 1 aliphatic rings. The van der Waals surface area contributed by atoms with Crippen LogP contribution in [0.3, 0.4) is 0 Å². The van der Waals surface area contributed by atoms with Crippen LogP contribution in [0.2, 0.25) is 0 Å². The lowest BCUT2D eigenvalue weighted by Crippen LogP contribution is -2.48. The van der Waals surface area contributed by atoms with Gasteiger partial charge in [0, 0.05) is 25.1 Å². The minimum absolute atomic E-state index is 0.218. The summed E-state index contributed by atoms with van der Waals surface area (Å²) in [5.74, 6) is 1.71. The van der Waals surface area contributed by atoms with Gasteiger partial charge in [0.1, 0.15) is 6.10 Å². The monoisotopic (exact) mass is 350 g/mol. The van der Waals surface area contributed by atoms with Crippen molar-refractivity contribution in [3.8, 4) is 17.3 Å². The fraction of sp³-hybridized carbons (Fsp3) is 0.211. The fourth-order valence-corrected chi connectivity index (χ4v) is 2.80. The minimum Gasteiger partial charge on any atom is -0.482 e. The summed E-state index contributed by atoms with van der Waals surface area (Å²) in [6, 6.07) is 12.9. The molecule has 0 bridgehead atoms. The number of amides is 1. The van der Waals surface area contributed by atoms with Gasteiger partial charge in [0.05, 0.1) is 0 Å². The van der Waals surface area contributed by atoms with Crippen LogP contribution in [0.25, 0.3) is 5.82 Å². The molecule has 26 heavy (non-hydrogen) atoms. The molecule has 0 aliphatic carbocycles. The van der Waals surface area contributed by atoms with Gasteiger partial charge in [-0.25, -0.2) is 9.67 Å².